The van der Waals surface area contributed by atoms with Crippen LogP contribution >= 0.6 is 27.7 Å². The van der Waals surface area contributed by atoms with E-state index in [1.165, 1.54) is 0 Å². The van der Waals surface area contributed by atoms with E-state index in [9.17, 15) is 4.79 Å². The fourth-order valence-electron chi connectivity index (χ4n) is 2.83. The first-order valence-electron chi connectivity index (χ1n) is 7.86. The Morgan fingerprint density at radius 3 is 2.16 bits per heavy atom. The molecule has 25 heavy (non-hydrogen) atoms. The van der Waals surface area contributed by atoms with E-state index in [4.69, 9.17) is 0 Å². The molecule has 0 saturated carbocycles. The molecular weight excluding hydrogens is 396 g/mol. The number of carbonyl (C=O) groups excluding carboxylic acids is 1. The van der Waals surface area contributed by atoms with E-state index >= 15 is 0 Å². The first kappa shape index (κ1) is 16.2. The highest BCUT2D eigenvalue weighted by Crippen LogP contribution is 2.48. The minimum atomic E-state index is -0.165. The Bertz CT molecular complexity index is 928. The largest absolute Gasteiger partial charge is 0.331 e. The summed E-state index contributed by atoms with van der Waals surface area (Å²) in [4.78, 5) is 17.0. The minimum Gasteiger partial charge on any atom is -0.307 e. The van der Waals surface area contributed by atoms with Crippen LogP contribution in [0.15, 0.2) is 81.0 Å². The Morgan fingerprint density at radius 2 is 1.56 bits per heavy atom. The number of urea groups is 1. The number of hydrogen-bond donors (Lipinski definition) is 1. The molecule has 1 N–H and O–H groups in total. The maximum Gasteiger partial charge on any atom is 0.331 e. The lowest BCUT2D eigenvalue weighted by Gasteiger charge is -2.31. The maximum absolute atomic E-state index is 13.1. The molecule has 1 aliphatic heterocycles. The summed E-state index contributed by atoms with van der Waals surface area (Å²) < 4.78 is 1.02. The molecule has 0 fully saturated rings. The Balaban J connectivity index is 1.73. The summed E-state index contributed by atoms with van der Waals surface area (Å²) in [6.45, 7) is 2.00. The SMILES string of the molecule is Cc1cc(NC(=O)N2c3ccccc3Sc3ccccc32)ccc1Br. The second kappa shape index (κ2) is 6.58. The molecule has 3 nitrogen and oxygen atoms in total. The van der Waals surface area contributed by atoms with Gasteiger partial charge in [-0.15, -0.1) is 0 Å². The van der Waals surface area contributed by atoms with Crippen molar-refractivity contribution < 1.29 is 4.79 Å². The molecule has 0 unspecified atom stereocenters. The van der Waals surface area contributed by atoms with Gasteiger partial charge in [-0.2, -0.15) is 0 Å². The highest BCUT2D eigenvalue weighted by molar-refractivity contribution is 9.10. The highest BCUT2D eigenvalue weighted by Gasteiger charge is 2.27. The number of para-hydroxylation sites is 2. The third kappa shape index (κ3) is 3.05. The van der Waals surface area contributed by atoms with Crippen molar-refractivity contribution >= 4 is 50.8 Å². The Labute approximate surface area is 159 Å². The first-order chi connectivity index (χ1) is 12.1. The molecule has 0 bridgehead atoms. The van der Waals surface area contributed by atoms with Gasteiger partial charge in [0.05, 0.1) is 11.4 Å². The third-order valence-electron chi connectivity index (χ3n) is 4.04. The van der Waals surface area contributed by atoms with Gasteiger partial charge in [0.2, 0.25) is 0 Å². The number of benzene rings is 3. The standard InChI is InChI=1S/C20H15BrN2OS/c1-13-12-14(10-11-15(13)21)22-20(24)23-16-6-2-4-8-18(16)25-19-9-5-3-7-17(19)23/h2-12H,1H3,(H,22,24). The van der Waals surface area contributed by atoms with Crippen LogP contribution in [-0.4, -0.2) is 6.03 Å². The second-order valence-electron chi connectivity index (χ2n) is 5.77. The van der Waals surface area contributed by atoms with Crippen LogP contribution in [0.4, 0.5) is 21.9 Å². The van der Waals surface area contributed by atoms with Crippen molar-refractivity contribution in [1.82, 2.24) is 0 Å². The lowest BCUT2D eigenvalue weighted by atomic mass is 10.2. The zero-order valence-corrected chi connectivity index (χ0v) is 15.9. The normalized spacial score (nSPS) is 12.3. The van der Waals surface area contributed by atoms with Crippen molar-refractivity contribution in [2.45, 2.75) is 16.7 Å². The van der Waals surface area contributed by atoms with E-state index in [2.05, 4.69) is 21.2 Å². The monoisotopic (exact) mass is 410 g/mol. The summed E-state index contributed by atoms with van der Waals surface area (Å²) in [5.74, 6) is 0. The molecule has 5 heteroatoms. The van der Waals surface area contributed by atoms with Crippen molar-refractivity contribution in [2.24, 2.45) is 0 Å². The number of anilines is 3. The van der Waals surface area contributed by atoms with Gasteiger partial charge < -0.3 is 5.32 Å². The molecule has 3 aromatic carbocycles. The molecule has 0 spiro atoms. The van der Waals surface area contributed by atoms with Gasteiger partial charge in [-0.3, -0.25) is 4.90 Å². The summed E-state index contributed by atoms with van der Waals surface area (Å²) in [7, 11) is 0. The highest BCUT2D eigenvalue weighted by atomic mass is 79.9. The van der Waals surface area contributed by atoms with Crippen molar-refractivity contribution in [2.75, 3.05) is 10.2 Å². The molecule has 4 rings (SSSR count). The van der Waals surface area contributed by atoms with Gasteiger partial charge in [0.1, 0.15) is 0 Å². The second-order valence-corrected chi connectivity index (χ2v) is 7.71. The summed E-state index contributed by atoms with van der Waals surface area (Å²) in [5, 5.41) is 3.02. The third-order valence-corrected chi connectivity index (χ3v) is 6.06. The van der Waals surface area contributed by atoms with Gasteiger partial charge in [0, 0.05) is 20.0 Å². The zero-order valence-electron chi connectivity index (χ0n) is 13.5. The summed E-state index contributed by atoms with van der Waals surface area (Å²) >= 11 is 5.18. The van der Waals surface area contributed by atoms with E-state index in [0.717, 1.165) is 36.9 Å². The van der Waals surface area contributed by atoms with Crippen LogP contribution in [0.1, 0.15) is 5.56 Å². The molecule has 0 atom stereocenters. The summed E-state index contributed by atoms with van der Waals surface area (Å²) in [6, 6.07) is 21.6. The number of nitrogens with zero attached hydrogens (tertiary/aromatic N) is 1. The topological polar surface area (TPSA) is 32.3 Å². The molecule has 1 aliphatic rings. The average Bonchev–Trinajstić information content (AvgIpc) is 2.62. The van der Waals surface area contributed by atoms with Crippen molar-refractivity contribution in [3.8, 4) is 0 Å². The van der Waals surface area contributed by atoms with Gasteiger partial charge in [-0.1, -0.05) is 52.0 Å². The van der Waals surface area contributed by atoms with E-state index in [1.54, 1.807) is 16.7 Å². The number of aryl methyl sites for hydroxylation is 1. The zero-order chi connectivity index (χ0) is 17.4. The smallest absolute Gasteiger partial charge is 0.307 e. The number of nitrogens with one attached hydrogen (secondary N) is 1. The Kier molecular flexibility index (Phi) is 4.27. The van der Waals surface area contributed by atoms with Crippen molar-refractivity contribution in [3.05, 3.63) is 76.8 Å². The predicted octanol–water partition coefficient (Wildman–Crippen LogP) is 6.59. The van der Waals surface area contributed by atoms with Crippen LogP contribution in [0.3, 0.4) is 0 Å². The molecule has 2 amide bonds. The average molecular weight is 411 g/mol. The fourth-order valence-corrected chi connectivity index (χ4v) is 4.13. The minimum absolute atomic E-state index is 0.165. The molecule has 0 aliphatic carbocycles. The van der Waals surface area contributed by atoms with Crippen molar-refractivity contribution in [3.63, 3.8) is 0 Å². The van der Waals surface area contributed by atoms with Crippen LogP contribution in [-0.2, 0) is 0 Å². The van der Waals surface area contributed by atoms with Crippen LogP contribution in [0, 0.1) is 6.92 Å². The van der Waals surface area contributed by atoms with Crippen LogP contribution in [0.25, 0.3) is 0 Å². The lowest BCUT2D eigenvalue weighted by molar-refractivity contribution is 0.259. The van der Waals surface area contributed by atoms with Crippen LogP contribution in [0.5, 0.6) is 0 Å². The lowest BCUT2D eigenvalue weighted by Crippen LogP contribution is -2.32. The van der Waals surface area contributed by atoms with Crippen LogP contribution in [0.2, 0.25) is 0 Å². The molecule has 0 radical (unpaired) electrons. The number of carbonyl (C=O) groups is 1. The van der Waals surface area contributed by atoms with Crippen LogP contribution < -0.4 is 10.2 Å². The van der Waals surface area contributed by atoms with Gasteiger partial charge in [-0.05, 0) is 55.0 Å². The van der Waals surface area contributed by atoms with Gasteiger partial charge >= 0.3 is 6.03 Å². The van der Waals surface area contributed by atoms with E-state index in [0.29, 0.717) is 0 Å². The number of rotatable bonds is 1. The molecule has 0 saturated heterocycles. The summed E-state index contributed by atoms with van der Waals surface area (Å²) in [5.41, 5.74) is 3.65. The van der Waals surface area contributed by atoms with E-state index in [-0.39, 0.29) is 6.03 Å². The molecular formula is C20H15BrN2OS. The van der Waals surface area contributed by atoms with E-state index < -0.39 is 0 Å². The number of halogens is 1. The predicted molar refractivity (Wildman–Crippen MR) is 107 cm³/mol. The molecule has 3 aromatic rings. The summed E-state index contributed by atoms with van der Waals surface area (Å²) in [6.07, 6.45) is 0. The number of hydrogen-bond acceptors (Lipinski definition) is 2. The molecule has 1 heterocycles. The Morgan fingerprint density at radius 1 is 0.960 bits per heavy atom. The quantitative estimate of drug-likeness (QED) is 0.490. The van der Waals surface area contributed by atoms with Gasteiger partial charge in [-0.25, -0.2) is 4.79 Å². The molecule has 0 aromatic heterocycles. The number of amides is 2. The maximum atomic E-state index is 13.1. The molecule has 124 valence electrons. The fraction of sp³-hybridized carbons (Fsp3) is 0.0500. The van der Waals surface area contributed by atoms with Gasteiger partial charge in [0.25, 0.3) is 0 Å². The van der Waals surface area contributed by atoms with Gasteiger partial charge in [0.15, 0.2) is 0 Å². The van der Waals surface area contributed by atoms with E-state index in [1.807, 2.05) is 73.7 Å². The van der Waals surface area contributed by atoms with Crippen molar-refractivity contribution in [1.29, 1.82) is 0 Å². The first-order valence-corrected chi connectivity index (χ1v) is 9.47. The number of fused-ring (bicyclic) bond motifs is 2. The Hall–Kier alpha value is -2.24.